The van der Waals surface area contributed by atoms with Gasteiger partial charge in [0.05, 0.1) is 23.3 Å². The predicted octanol–water partition coefficient (Wildman–Crippen LogP) is 3.48. The Hall–Kier alpha value is -3.00. The Balaban J connectivity index is 1.48. The van der Waals surface area contributed by atoms with Crippen LogP contribution in [0.4, 0.5) is 4.39 Å². The standard InChI is InChI=1S/C17H13FN6S/c18-13-8-6-12(7-9-13)15-10-19-17(20-15)25-11-16-21-22-23-24(16)14-4-2-1-3-5-14/h1-10H,11H2,(H,19,20). The lowest BCUT2D eigenvalue weighted by Crippen LogP contribution is -2.01. The fourth-order valence-electron chi connectivity index (χ4n) is 2.35. The lowest BCUT2D eigenvalue weighted by atomic mass is 10.2. The molecule has 0 aliphatic heterocycles. The van der Waals surface area contributed by atoms with Crippen molar-refractivity contribution in [3.8, 4) is 16.9 Å². The number of halogens is 1. The summed E-state index contributed by atoms with van der Waals surface area (Å²) in [5, 5.41) is 12.6. The molecule has 0 spiro atoms. The monoisotopic (exact) mass is 352 g/mol. The third-order valence-corrected chi connectivity index (χ3v) is 4.46. The summed E-state index contributed by atoms with van der Waals surface area (Å²) in [6, 6.07) is 16.0. The lowest BCUT2D eigenvalue weighted by molar-refractivity contribution is 0.628. The van der Waals surface area contributed by atoms with Gasteiger partial charge in [0.1, 0.15) is 5.82 Å². The number of aromatic nitrogens is 6. The zero-order valence-electron chi connectivity index (χ0n) is 13.0. The van der Waals surface area contributed by atoms with Crippen molar-refractivity contribution >= 4 is 11.8 Å². The molecule has 0 bridgehead atoms. The number of nitrogens with zero attached hydrogens (tertiary/aromatic N) is 5. The quantitative estimate of drug-likeness (QED) is 0.557. The topological polar surface area (TPSA) is 72.3 Å². The minimum atomic E-state index is -0.259. The van der Waals surface area contributed by atoms with Crippen LogP contribution in [0, 0.1) is 5.82 Å². The second-order valence-electron chi connectivity index (χ2n) is 5.24. The minimum Gasteiger partial charge on any atom is -0.333 e. The Bertz CT molecular complexity index is 964. The molecule has 0 saturated heterocycles. The van der Waals surface area contributed by atoms with Crippen LogP contribution in [-0.4, -0.2) is 30.2 Å². The van der Waals surface area contributed by atoms with Crippen LogP contribution in [0.15, 0.2) is 66.0 Å². The molecule has 0 amide bonds. The minimum absolute atomic E-state index is 0.259. The molecule has 0 radical (unpaired) electrons. The van der Waals surface area contributed by atoms with Crippen molar-refractivity contribution in [1.82, 2.24) is 30.2 Å². The van der Waals surface area contributed by atoms with Gasteiger partial charge >= 0.3 is 0 Å². The molecule has 1 N–H and O–H groups in total. The number of tetrazole rings is 1. The van der Waals surface area contributed by atoms with Gasteiger partial charge in [-0.3, -0.25) is 0 Å². The molecule has 25 heavy (non-hydrogen) atoms. The van der Waals surface area contributed by atoms with E-state index in [1.807, 2.05) is 30.3 Å². The van der Waals surface area contributed by atoms with Crippen molar-refractivity contribution in [1.29, 1.82) is 0 Å². The number of imidazole rings is 1. The molecule has 0 saturated carbocycles. The Morgan fingerprint density at radius 2 is 1.84 bits per heavy atom. The van der Waals surface area contributed by atoms with E-state index < -0.39 is 0 Å². The molecule has 0 aliphatic carbocycles. The molecular weight excluding hydrogens is 339 g/mol. The van der Waals surface area contributed by atoms with E-state index in [4.69, 9.17) is 0 Å². The van der Waals surface area contributed by atoms with Gasteiger partial charge in [-0.05, 0) is 52.4 Å². The highest BCUT2D eigenvalue weighted by Crippen LogP contribution is 2.24. The van der Waals surface area contributed by atoms with E-state index in [2.05, 4.69) is 25.5 Å². The number of rotatable bonds is 5. The van der Waals surface area contributed by atoms with E-state index in [1.54, 1.807) is 23.0 Å². The van der Waals surface area contributed by atoms with E-state index in [1.165, 1.54) is 23.9 Å². The molecule has 0 aliphatic rings. The molecule has 6 nitrogen and oxygen atoms in total. The number of para-hydroxylation sites is 1. The SMILES string of the molecule is Fc1ccc(-c2cnc(SCc3nnnn3-c3ccccc3)[nH]2)cc1. The average Bonchev–Trinajstić information content (AvgIpc) is 3.31. The fraction of sp³-hybridized carbons (Fsp3) is 0.0588. The van der Waals surface area contributed by atoms with Crippen molar-refractivity contribution in [2.24, 2.45) is 0 Å². The van der Waals surface area contributed by atoms with Crippen LogP contribution in [0.3, 0.4) is 0 Å². The van der Waals surface area contributed by atoms with Crippen LogP contribution < -0.4 is 0 Å². The fourth-order valence-corrected chi connectivity index (χ4v) is 3.11. The number of nitrogens with one attached hydrogen (secondary N) is 1. The second-order valence-corrected chi connectivity index (χ2v) is 6.20. The summed E-state index contributed by atoms with van der Waals surface area (Å²) >= 11 is 1.50. The van der Waals surface area contributed by atoms with Crippen LogP contribution in [0.25, 0.3) is 16.9 Å². The van der Waals surface area contributed by atoms with E-state index in [-0.39, 0.29) is 5.82 Å². The summed E-state index contributed by atoms with van der Waals surface area (Å²) in [5.74, 6) is 1.04. The Labute approximate surface area is 147 Å². The normalized spacial score (nSPS) is 10.9. The van der Waals surface area contributed by atoms with Gasteiger partial charge in [0.2, 0.25) is 0 Å². The lowest BCUT2D eigenvalue weighted by Gasteiger charge is -2.03. The number of hydrogen-bond donors (Lipinski definition) is 1. The maximum Gasteiger partial charge on any atom is 0.167 e. The Kier molecular flexibility index (Phi) is 4.26. The number of benzene rings is 2. The van der Waals surface area contributed by atoms with Crippen molar-refractivity contribution in [2.45, 2.75) is 10.9 Å². The first-order chi connectivity index (χ1) is 12.3. The van der Waals surface area contributed by atoms with E-state index in [9.17, 15) is 4.39 Å². The third kappa shape index (κ3) is 3.43. The Morgan fingerprint density at radius 1 is 1.04 bits per heavy atom. The highest BCUT2D eigenvalue weighted by molar-refractivity contribution is 7.98. The van der Waals surface area contributed by atoms with Gasteiger partial charge in [-0.1, -0.05) is 30.0 Å². The van der Waals surface area contributed by atoms with Crippen LogP contribution in [0.5, 0.6) is 0 Å². The number of H-pyrrole nitrogens is 1. The number of aromatic amines is 1. The maximum absolute atomic E-state index is 13.0. The molecule has 4 rings (SSSR count). The van der Waals surface area contributed by atoms with Gasteiger partial charge in [-0.2, -0.15) is 4.68 Å². The highest BCUT2D eigenvalue weighted by Gasteiger charge is 2.10. The summed E-state index contributed by atoms with van der Waals surface area (Å²) in [6.07, 6.45) is 1.73. The molecule has 2 aromatic heterocycles. The maximum atomic E-state index is 13.0. The van der Waals surface area contributed by atoms with Crippen molar-refractivity contribution in [3.05, 3.63) is 72.4 Å². The van der Waals surface area contributed by atoms with Crippen LogP contribution in [0.2, 0.25) is 0 Å². The van der Waals surface area contributed by atoms with Crippen LogP contribution >= 0.6 is 11.8 Å². The summed E-state index contributed by atoms with van der Waals surface area (Å²) in [7, 11) is 0. The molecule has 124 valence electrons. The van der Waals surface area contributed by atoms with E-state index >= 15 is 0 Å². The van der Waals surface area contributed by atoms with Gasteiger partial charge in [0.25, 0.3) is 0 Å². The van der Waals surface area contributed by atoms with Crippen molar-refractivity contribution < 1.29 is 4.39 Å². The molecule has 8 heteroatoms. The van der Waals surface area contributed by atoms with Crippen molar-refractivity contribution in [3.63, 3.8) is 0 Å². The van der Waals surface area contributed by atoms with Gasteiger partial charge in [-0.15, -0.1) is 5.10 Å². The van der Waals surface area contributed by atoms with Gasteiger partial charge in [0, 0.05) is 0 Å². The smallest absolute Gasteiger partial charge is 0.167 e. The summed E-state index contributed by atoms with van der Waals surface area (Å²) in [4.78, 5) is 7.57. The van der Waals surface area contributed by atoms with Gasteiger partial charge < -0.3 is 4.98 Å². The molecule has 0 atom stereocenters. The Morgan fingerprint density at radius 3 is 2.64 bits per heavy atom. The summed E-state index contributed by atoms with van der Waals surface area (Å²) < 4.78 is 14.7. The zero-order valence-corrected chi connectivity index (χ0v) is 13.8. The van der Waals surface area contributed by atoms with Gasteiger partial charge in [-0.25, -0.2) is 9.37 Å². The summed E-state index contributed by atoms with van der Waals surface area (Å²) in [6.45, 7) is 0. The molecule has 0 fully saturated rings. The predicted molar refractivity (Wildman–Crippen MR) is 92.7 cm³/mol. The number of hydrogen-bond acceptors (Lipinski definition) is 5. The molecule has 0 unspecified atom stereocenters. The molecule has 2 heterocycles. The van der Waals surface area contributed by atoms with Crippen LogP contribution in [0.1, 0.15) is 5.82 Å². The van der Waals surface area contributed by atoms with E-state index in [0.29, 0.717) is 5.75 Å². The molecule has 2 aromatic carbocycles. The van der Waals surface area contributed by atoms with Crippen LogP contribution in [-0.2, 0) is 5.75 Å². The zero-order chi connectivity index (χ0) is 17.1. The molecular formula is C17H13FN6S. The second kappa shape index (κ2) is 6.86. The molecule has 4 aromatic rings. The third-order valence-electron chi connectivity index (χ3n) is 3.58. The average molecular weight is 352 g/mol. The van der Waals surface area contributed by atoms with Crippen molar-refractivity contribution in [2.75, 3.05) is 0 Å². The first kappa shape index (κ1) is 15.5. The first-order valence-electron chi connectivity index (χ1n) is 7.56. The highest BCUT2D eigenvalue weighted by atomic mass is 32.2. The largest absolute Gasteiger partial charge is 0.333 e. The van der Waals surface area contributed by atoms with E-state index in [0.717, 1.165) is 27.9 Å². The first-order valence-corrected chi connectivity index (χ1v) is 8.54. The van der Waals surface area contributed by atoms with Gasteiger partial charge in [0.15, 0.2) is 11.0 Å². The number of thioether (sulfide) groups is 1. The summed E-state index contributed by atoms with van der Waals surface area (Å²) in [5.41, 5.74) is 2.63.